The molecule has 2 amide bonds. The van der Waals surface area contributed by atoms with Crippen LogP contribution in [0.1, 0.15) is 18.4 Å². The molecule has 1 heterocycles. The molecule has 0 radical (unpaired) electrons. The van der Waals surface area contributed by atoms with Crippen molar-refractivity contribution in [3.8, 4) is 5.75 Å². The van der Waals surface area contributed by atoms with Crippen molar-refractivity contribution in [2.24, 2.45) is 0 Å². The molecular formula is C13H15FN2O3. The number of carbonyl (C=O) groups is 2. The first-order chi connectivity index (χ1) is 9.10. The van der Waals surface area contributed by atoms with Crippen molar-refractivity contribution in [3.63, 3.8) is 0 Å². The molecule has 0 aromatic heterocycles. The van der Waals surface area contributed by atoms with Gasteiger partial charge in [0.15, 0.2) is 0 Å². The van der Waals surface area contributed by atoms with Gasteiger partial charge in [0.25, 0.3) is 0 Å². The second kappa shape index (κ2) is 5.69. The van der Waals surface area contributed by atoms with Gasteiger partial charge in [-0.15, -0.1) is 0 Å². The van der Waals surface area contributed by atoms with Crippen LogP contribution >= 0.6 is 0 Å². The molecule has 2 N–H and O–H groups in total. The van der Waals surface area contributed by atoms with Gasteiger partial charge in [-0.3, -0.25) is 9.59 Å². The van der Waals surface area contributed by atoms with Crippen LogP contribution in [-0.2, 0) is 16.1 Å². The maximum Gasteiger partial charge on any atom is 0.242 e. The standard InChI is InChI=1S/C13H15FN2O3/c1-19-11-4-2-9(14)6-8(11)7-15-13(18)10-3-5-12(17)16-10/h2,4,6,10H,3,5,7H2,1H3,(H,15,18)(H,16,17). The Bertz CT molecular complexity index is 505. The first kappa shape index (κ1) is 13.3. The summed E-state index contributed by atoms with van der Waals surface area (Å²) in [6.45, 7) is 0.159. The SMILES string of the molecule is COc1ccc(F)cc1CNC(=O)C1CCC(=O)N1. The fraction of sp³-hybridized carbons (Fsp3) is 0.385. The average Bonchev–Trinajstić information content (AvgIpc) is 2.83. The Morgan fingerprint density at radius 3 is 3.00 bits per heavy atom. The van der Waals surface area contributed by atoms with E-state index in [1.54, 1.807) is 0 Å². The Balaban J connectivity index is 1.96. The molecule has 102 valence electrons. The Morgan fingerprint density at radius 2 is 2.37 bits per heavy atom. The van der Waals surface area contributed by atoms with Crippen LogP contribution in [0.15, 0.2) is 18.2 Å². The minimum atomic E-state index is -0.493. The Kier molecular flexibility index (Phi) is 3.99. The van der Waals surface area contributed by atoms with E-state index in [-0.39, 0.29) is 24.2 Å². The predicted molar refractivity (Wildman–Crippen MR) is 66.0 cm³/mol. The van der Waals surface area contributed by atoms with Crippen molar-refractivity contribution < 1.29 is 18.7 Å². The fourth-order valence-corrected chi connectivity index (χ4v) is 2.00. The monoisotopic (exact) mass is 266 g/mol. The largest absolute Gasteiger partial charge is 0.496 e. The number of halogens is 1. The van der Waals surface area contributed by atoms with Crippen LogP contribution in [0.2, 0.25) is 0 Å². The third-order valence-electron chi connectivity index (χ3n) is 3.01. The average molecular weight is 266 g/mol. The summed E-state index contributed by atoms with van der Waals surface area (Å²) in [4.78, 5) is 22.8. The van der Waals surface area contributed by atoms with Crippen LogP contribution < -0.4 is 15.4 Å². The minimum Gasteiger partial charge on any atom is -0.496 e. The lowest BCUT2D eigenvalue weighted by Gasteiger charge is -2.13. The smallest absolute Gasteiger partial charge is 0.242 e. The van der Waals surface area contributed by atoms with E-state index in [9.17, 15) is 14.0 Å². The minimum absolute atomic E-state index is 0.122. The van der Waals surface area contributed by atoms with Gasteiger partial charge in [0.2, 0.25) is 11.8 Å². The molecule has 1 fully saturated rings. The number of rotatable bonds is 4. The lowest BCUT2D eigenvalue weighted by molar-refractivity contribution is -0.125. The molecule has 1 atom stereocenters. The van der Waals surface area contributed by atoms with Gasteiger partial charge in [-0.25, -0.2) is 4.39 Å². The third kappa shape index (κ3) is 3.21. The van der Waals surface area contributed by atoms with Crippen LogP contribution in [0.25, 0.3) is 0 Å². The Hall–Kier alpha value is -2.11. The zero-order valence-electron chi connectivity index (χ0n) is 10.5. The summed E-state index contributed by atoms with van der Waals surface area (Å²) in [6, 6.07) is 3.62. The number of hydrogen-bond acceptors (Lipinski definition) is 3. The van der Waals surface area contributed by atoms with E-state index in [1.807, 2.05) is 0 Å². The van der Waals surface area contributed by atoms with E-state index in [0.717, 1.165) is 0 Å². The van der Waals surface area contributed by atoms with E-state index in [2.05, 4.69) is 10.6 Å². The molecule has 1 aromatic carbocycles. The van der Waals surface area contributed by atoms with Crippen LogP contribution in [0, 0.1) is 5.82 Å². The summed E-state index contributed by atoms with van der Waals surface area (Å²) in [5.41, 5.74) is 0.556. The number of carbonyl (C=O) groups excluding carboxylic acids is 2. The van der Waals surface area contributed by atoms with Gasteiger partial charge in [0.05, 0.1) is 7.11 Å². The van der Waals surface area contributed by atoms with Gasteiger partial charge in [-0.2, -0.15) is 0 Å². The highest BCUT2D eigenvalue weighted by atomic mass is 19.1. The molecule has 19 heavy (non-hydrogen) atoms. The van der Waals surface area contributed by atoms with Crippen molar-refractivity contribution in [1.29, 1.82) is 0 Å². The molecule has 2 rings (SSSR count). The number of amides is 2. The first-order valence-corrected chi connectivity index (χ1v) is 5.99. The second-order valence-corrected chi connectivity index (χ2v) is 4.33. The molecule has 5 nitrogen and oxygen atoms in total. The van der Waals surface area contributed by atoms with Gasteiger partial charge in [-0.05, 0) is 24.6 Å². The normalized spacial score (nSPS) is 18.0. The third-order valence-corrected chi connectivity index (χ3v) is 3.01. The summed E-state index contributed by atoms with van der Waals surface area (Å²) in [5, 5.41) is 5.24. The lowest BCUT2D eigenvalue weighted by Crippen LogP contribution is -2.41. The second-order valence-electron chi connectivity index (χ2n) is 4.33. The number of nitrogens with one attached hydrogen (secondary N) is 2. The molecule has 1 unspecified atom stereocenters. The van der Waals surface area contributed by atoms with Gasteiger partial charge >= 0.3 is 0 Å². The van der Waals surface area contributed by atoms with Crippen LogP contribution in [0.5, 0.6) is 5.75 Å². The quantitative estimate of drug-likeness (QED) is 0.844. The molecule has 1 saturated heterocycles. The van der Waals surface area contributed by atoms with Crippen LogP contribution in [-0.4, -0.2) is 25.0 Å². The summed E-state index contributed by atoms with van der Waals surface area (Å²) in [7, 11) is 1.48. The molecular weight excluding hydrogens is 251 g/mol. The molecule has 0 bridgehead atoms. The van der Waals surface area contributed by atoms with Gasteiger partial charge in [0, 0.05) is 18.5 Å². The maximum absolute atomic E-state index is 13.1. The highest BCUT2D eigenvalue weighted by Gasteiger charge is 2.26. The van der Waals surface area contributed by atoms with E-state index in [4.69, 9.17) is 4.74 Å². The molecule has 6 heteroatoms. The molecule has 1 aliphatic rings. The van der Waals surface area contributed by atoms with Crippen LogP contribution in [0.4, 0.5) is 4.39 Å². The Labute approximate surface area is 110 Å². The van der Waals surface area contributed by atoms with E-state index in [0.29, 0.717) is 24.2 Å². The van der Waals surface area contributed by atoms with Gasteiger partial charge in [-0.1, -0.05) is 0 Å². The zero-order valence-corrected chi connectivity index (χ0v) is 10.5. The summed E-state index contributed by atoms with van der Waals surface area (Å²) < 4.78 is 18.2. The number of ether oxygens (including phenoxy) is 1. The molecule has 0 spiro atoms. The Morgan fingerprint density at radius 1 is 1.58 bits per heavy atom. The van der Waals surface area contributed by atoms with E-state index in [1.165, 1.54) is 25.3 Å². The first-order valence-electron chi connectivity index (χ1n) is 5.99. The van der Waals surface area contributed by atoms with Crippen molar-refractivity contribution in [1.82, 2.24) is 10.6 Å². The van der Waals surface area contributed by atoms with E-state index >= 15 is 0 Å². The maximum atomic E-state index is 13.1. The van der Waals surface area contributed by atoms with Crippen molar-refractivity contribution in [2.45, 2.75) is 25.4 Å². The zero-order chi connectivity index (χ0) is 13.8. The molecule has 0 saturated carbocycles. The van der Waals surface area contributed by atoms with Crippen molar-refractivity contribution in [3.05, 3.63) is 29.6 Å². The fourth-order valence-electron chi connectivity index (χ4n) is 2.00. The molecule has 0 aliphatic carbocycles. The number of benzene rings is 1. The highest BCUT2D eigenvalue weighted by molar-refractivity contribution is 5.90. The van der Waals surface area contributed by atoms with Crippen molar-refractivity contribution >= 4 is 11.8 Å². The van der Waals surface area contributed by atoms with Crippen molar-refractivity contribution in [2.75, 3.05) is 7.11 Å². The summed E-state index contributed by atoms with van der Waals surface area (Å²) >= 11 is 0. The number of hydrogen-bond donors (Lipinski definition) is 2. The predicted octanol–water partition coefficient (Wildman–Crippen LogP) is 0.729. The number of methoxy groups -OCH3 is 1. The summed E-state index contributed by atoms with van der Waals surface area (Å²) in [6.07, 6.45) is 0.853. The lowest BCUT2D eigenvalue weighted by atomic mass is 10.1. The molecule has 1 aliphatic heterocycles. The van der Waals surface area contributed by atoms with Gasteiger partial charge < -0.3 is 15.4 Å². The molecule has 1 aromatic rings. The van der Waals surface area contributed by atoms with E-state index < -0.39 is 6.04 Å². The topological polar surface area (TPSA) is 67.4 Å². The van der Waals surface area contributed by atoms with Crippen LogP contribution in [0.3, 0.4) is 0 Å². The van der Waals surface area contributed by atoms with Gasteiger partial charge in [0.1, 0.15) is 17.6 Å². The summed E-state index contributed by atoms with van der Waals surface area (Å²) in [5.74, 6) is -0.267. The highest BCUT2D eigenvalue weighted by Crippen LogP contribution is 2.19.